The molecule has 0 spiro atoms. The van der Waals surface area contributed by atoms with E-state index >= 15 is 0 Å². The molecule has 1 atom stereocenters. The van der Waals surface area contributed by atoms with Crippen molar-refractivity contribution >= 4 is 0 Å². The first kappa shape index (κ1) is 12.6. The van der Waals surface area contributed by atoms with Gasteiger partial charge in [0.15, 0.2) is 0 Å². The molecule has 1 fully saturated rings. The first-order chi connectivity index (χ1) is 8.29. The SMILES string of the molecule is NC(CO)c1ccc(CN2CCCCC2)cc1. The van der Waals surface area contributed by atoms with Crippen LogP contribution in [0.4, 0.5) is 0 Å². The molecule has 0 aliphatic carbocycles. The first-order valence-corrected chi connectivity index (χ1v) is 6.47. The molecule has 17 heavy (non-hydrogen) atoms. The van der Waals surface area contributed by atoms with Crippen LogP contribution in [0.1, 0.15) is 36.4 Å². The molecule has 0 amide bonds. The molecule has 2 rings (SSSR count). The summed E-state index contributed by atoms with van der Waals surface area (Å²) in [6.07, 6.45) is 4.03. The minimum Gasteiger partial charge on any atom is -0.394 e. The molecule has 1 aromatic rings. The number of benzene rings is 1. The molecule has 3 nitrogen and oxygen atoms in total. The largest absolute Gasteiger partial charge is 0.394 e. The van der Waals surface area contributed by atoms with Gasteiger partial charge in [-0.25, -0.2) is 0 Å². The van der Waals surface area contributed by atoms with Crippen LogP contribution in [0.5, 0.6) is 0 Å². The fraction of sp³-hybridized carbons (Fsp3) is 0.571. The summed E-state index contributed by atoms with van der Waals surface area (Å²) >= 11 is 0. The van der Waals surface area contributed by atoms with Gasteiger partial charge in [-0.05, 0) is 37.1 Å². The van der Waals surface area contributed by atoms with Crippen molar-refractivity contribution in [1.29, 1.82) is 0 Å². The van der Waals surface area contributed by atoms with Crippen molar-refractivity contribution < 1.29 is 5.11 Å². The van der Waals surface area contributed by atoms with Gasteiger partial charge in [0.2, 0.25) is 0 Å². The van der Waals surface area contributed by atoms with Gasteiger partial charge in [0, 0.05) is 6.54 Å². The van der Waals surface area contributed by atoms with Crippen LogP contribution in [0.2, 0.25) is 0 Å². The Labute approximate surface area is 103 Å². The molecule has 94 valence electrons. The van der Waals surface area contributed by atoms with Crippen molar-refractivity contribution in [3.05, 3.63) is 35.4 Å². The van der Waals surface area contributed by atoms with Gasteiger partial charge in [0.1, 0.15) is 0 Å². The number of hydrogen-bond acceptors (Lipinski definition) is 3. The van der Waals surface area contributed by atoms with Crippen molar-refractivity contribution in [1.82, 2.24) is 4.90 Å². The van der Waals surface area contributed by atoms with Gasteiger partial charge in [-0.2, -0.15) is 0 Å². The van der Waals surface area contributed by atoms with Crippen molar-refractivity contribution in [3.8, 4) is 0 Å². The lowest BCUT2D eigenvalue weighted by Gasteiger charge is -2.26. The topological polar surface area (TPSA) is 49.5 Å². The van der Waals surface area contributed by atoms with Gasteiger partial charge in [0.25, 0.3) is 0 Å². The summed E-state index contributed by atoms with van der Waals surface area (Å²) in [6.45, 7) is 3.48. The minimum absolute atomic E-state index is 0.00543. The van der Waals surface area contributed by atoms with E-state index in [1.165, 1.54) is 37.9 Å². The number of piperidine rings is 1. The summed E-state index contributed by atoms with van der Waals surface area (Å²) in [5.41, 5.74) is 8.11. The third-order valence-corrected chi connectivity index (χ3v) is 3.46. The molecule has 1 saturated heterocycles. The average Bonchev–Trinajstić information content (AvgIpc) is 2.40. The Kier molecular flexibility index (Phi) is 4.54. The highest BCUT2D eigenvalue weighted by Gasteiger charge is 2.10. The maximum Gasteiger partial charge on any atom is 0.0624 e. The predicted octanol–water partition coefficient (Wildman–Crippen LogP) is 1.66. The Morgan fingerprint density at radius 3 is 2.35 bits per heavy atom. The molecule has 1 unspecified atom stereocenters. The monoisotopic (exact) mass is 234 g/mol. The van der Waals surface area contributed by atoms with E-state index in [4.69, 9.17) is 10.8 Å². The van der Waals surface area contributed by atoms with E-state index in [0.717, 1.165) is 12.1 Å². The zero-order valence-electron chi connectivity index (χ0n) is 10.3. The molecule has 1 heterocycles. The molecule has 1 aromatic carbocycles. The number of rotatable bonds is 4. The van der Waals surface area contributed by atoms with Crippen LogP contribution >= 0.6 is 0 Å². The van der Waals surface area contributed by atoms with Crippen molar-refractivity contribution in [2.75, 3.05) is 19.7 Å². The van der Waals surface area contributed by atoms with Gasteiger partial charge in [-0.3, -0.25) is 4.90 Å². The van der Waals surface area contributed by atoms with Crippen molar-refractivity contribution in [2.24, 2.45) is 5.73 Å². The number of nitrogens with two attached hydrogens (primary N) is 1. The lowest BCUT2D eigenvalue weighted by atomic mass is 10.0. The second kappa shape index (κ2) is 6.15. The lowest BCUT2D eigenvalue weighted by Crippen LogP contribution is -2.29. The van der Waals surface area contributed by atoms with E-state index in [1.54, 1.807) is 0 Å². The Bertz CT molecular complexity index is 331. The third-order valence-electron chi connectivity index (χ3n) is 3.46. The van der Waals surface area contributed by atoms with Crippen LogP contribution in [0.25, 0.3) is 0 Å². The second-order valence-electron chi connectivity index (χ2n) is 4.87. The van der Waals surface area contributed by atoms with Gasteiger partial charge >= 0.3 is 0 Å². The average molecular weight is 234 g/mol. The van der Waals surface area contributed by atoms with Crippen LogP contribution < -0.4 is 5.73 Å². The molecule has 0 saturated carbocycles. The lowest BCUT2D eigenvalue weighted by molar-refractivity contribution is 0.221. The van der Waals surface area contributed by atoms with Crippen LogP contribution in [-0.4, -0.2) is 29.7 Å². The number of aliphatic hydroxyl groups is 1. The molecule has 3 N–H and O–H groups in total. The van der Waals surface area contributed by atoms with E-state index in [1.807, 2.05) is 12.1 Å². The Morgan fingerprint density at radius 1 is 1.12 bits per heavy atom. The highest BCUT2D eigenvalue weighted by Crippen LogP contribution is 2.15. The fourth-order valence-electron chi connectivity index (χ4n) is 2.35. The number of aliphatic hydroxyl groups excluding tert-OH is 1. The van der Waals surface area contributed by atoms with Crippen molar-refractivity contribution in [3.63, 3.8) is 0 Å². The molecule has 0 bridgehead atoms. The second-order valence-corrected chi connectivity index (χ2v) is 4.87. The van der Waals surface area contributed by atoms with Crippen LogP contribution in [-0.2, 0) is 6.54 Å². The molecular weight excluding hydrogens is 212 g/mol. The van der Waals surface area contributed by atoms with Gasteiger partial charge in [-0.1, -0.05) is 30.7 Å². The smallest absolute Gasteiger partial charge is 0.0624 e. The Hall–Kier alpha value is -0.900. The normalized spacial score (nSPS) is 19.2. The Morgan fingerprint density at radius 2 is 1.76 bits per heavy atom. The maximum atomic E-state index is 8.99. The van der Waals surface area contributed by atoms with Gasteiger partial charge in [-0.15, -0.1) is 0 Å². The maximum absolute atomic E-state index is 8.99. The van der Waals surface area contributed by atoms with E-state index < -0.39 is 0 Å². The first-order valence-electron chi connectivity index (χ1n) is 6.47. The minimum atomic E-state index is -0.251. The van der Waals surface area contributed by atoms with E-state index in [0.29, 0.717) is 0 Å². The molecule has 3 heteroatoms. The summed E-state index contributed by atoms with van der Waals surface area (Å²) < 4.78 is 0. The quantitative estimate of drug-likeness (QED) is 0.833. The predicted molar refractivity (Wildman–Crippen MR) is 69.6 cm³/mol. The summed E-state index contributed by atoms with van der Waals surface area (Å²) in [6, 6.07) is 8.05. The van der Waals surface area contributed by atoms with E-state index in [9.17, 15) is 0 Å². The molecule has 0 aromatic heterocycles. The summed E-state index contributed by atoms with van der Waals surface area (Å²) in [5.74, 6) is 0. The zero-order chi connectivity index (χ0) is 12.1. The van der Waals surface area contributed by atoms with Gasteiger partial charge in [0.05, 0.1) is 12.6 Å². The Balaban J connectivity index is 1.93. The standard InChI is InChI=1S/C14H22N2O/c15-14(11-17)13-6-4-12(5-7-13)10-16-8-2-1-3-9-16/h4-7,14,17H,1-3,8-11,15H2. The number of likely N-dealkylation sites (tertiary alicyclic amines) is 1. The highest BCUT2D eigenvalue weighted by atomic mass is 16.3. The molecule has 1 aliphatic heterocycles. The fourth-order valence-corrected chi connectivity index (χ4v) is 2.35. The van der Waals surface area contributed by atoms with Crippen LogP contribution in [0, 0.1) is 0 Å². The van der Waals surface area contributed by atoms with Crippen LogP contribution in [0.15, 0.2) is 24.3 Å². The molecule has 1 aliphatic rings. The van der Waals surface area contributed by atoms with E-state index in [-0.39, 0.29) is 12.6 Å². The van der Waals surface area contributed by atoms with Gasteiger partial charge < -0.3 is 10.8 Å². The van der Waals surface area contributed by atoms with Crippen LogP contribution in [0.3, 0.4) is 0 Å². The van der Waals surface area contributed by atoms with Crippen molar-refractivity contribution in [2.45, 2.75) is 31.8 Å². The summed E-state index contributed by atoms with van der Waals surface area (Å²) in [4.78, 5) is 2.50. The summed E-state index contributed by atoms with van der Waals surface area (Å²) in [7, 11) is 0. The molecule has 0 radical (unpaired) electrons. The van der Waals surface area contributed by atoms with E-state index in [2.05, 4.69) is 17.0 Å². The third kappa shape index (κ3) is 3.53. The molecular formula is C14H22N2O. The highest BCUT2D eigenvalue weighted by molar-refractivity contribution is 5.24. The number of hydrogen-bond donors (Lipinski definition) is 2. The summed E-state index contributed by atoms with van der Waals surface area (Å²) in [5, 5.41) is 8.99. The zero-order valence-corrected chi connectivity index (χ0v) is 10.3. The number of nitrogens with zero attached hydrogens (tertiary/aromatic N) is 1.